The van der Waals surface area contributed by atoms with Gasteiger partial charge in [-0.2, -0.15) is 0 Å². The van der Waals surface area contributed by atoms with Gasteiger partial charge in [0.15, 0.2) is 5.82 Å². The molecule has 2 N–H and O–H groups in total. The summed E-state index contributed by atoms with van der Waals surface area (Å²) in [5.41, 5.74) is -1.20. The zero-order valence-corrected chi connectivity index (χ0v) is 18.3. The summed E-state index contributed by atoms with van der Waals surface area (Å²) in [6.07, 6.45) is 3.63. The van der Waals surface area contributed by atoms with Crippen molar-refractivity contribution in [1.29, 1.82) is 0 Å². The Morgan fingerprint density at radius 2 is 2.10 bits per heavy atom. The molecule has 0 bridgehead atoms. The molecule has 1 aliphatic heterocycles. The average Bonchev–Trinajstić information content (AvgIpc) is 3.22. The van der Waals surface area contributed by atoms with Crippen molar-refractivity contribution in [1.82, 2.24) is 35.7 Å². The van der Waals surface area contributed by atoms with Crippen LogP contribution in [0.2, 0.25) is 0 Å². The number of carbonyl (C=O) groups excluding carboxylic acids is 2. The molecule has 10 nitrogen and oxygen atoms in total. The average molecular weight is 420 g/mol. The number of ether oxygens (including phenoxy) is 1. The van der Waals surface area contributed by atoms with Crippen molar-refractivity contribution in [2.75, 3.05) is 19.6 Å². The molecule has 10 heteroatoms. The number of likely N-dealkylation sites (N-methyl/N-ethyl adjacent to an activating group) is 1. The fourth-order valence-corrected chi connectivity index (χ4v) is 4.08. The number of rotatable bonds is 11. The first-order valence-corrected chi connectivity index (χ1v) is 10.6. The normalized spacial score (nSPS) is 21.3. The van der Waals surface area contributed by atoms with E-state index >= 15 is 0 Å². The molecule has 1 aliphatic carbocycles. The van der Waals surface area contributed by atoms with Gasteiger partial charge >= 0.3 is 6.09 Å². The lowest BCUT2D eigenvalue weighted by molar-refractivity contribution is -0.118. The first kappa shape index (κ1) is 22.2. The van der Waals surface area contributed by atoms with E-state index in [9.17, 15) is 9.59 Å². The molecule has 1 aromatic rings. The predicted molar refractivity (Wildman–Crippen MR) is 110 cm³/mol. The van der Waals surface area contributed by atoms with Gasteiger partial charge in [-0.3, -0.25) is 4.79 Å². The minimum absolute atomic E-state index is 0.233. The maximum absolute atomic E-state index is 11.9. The molecule has 2 atom stereocenters. The van der Waals surface area contributed by atoms with Crippen molar-refractivity contribution in [2.24, 2.45) is 5.92 Å². The Hall–Kier alpha value is -2.49. The van der Waals surface area contributed by atoms with Crippen LogP contribution < -0.4 is 10.6 Å². The van der Waals surface area contributed by atoms with Gasteiger partial charge in [-0.1, -0.05) is 6.58 Å². The van der Waals surface area contributed by atoms with Gasteiger partial charge in [0.05, 0.1) is 12.1 Å². The summed E-state index contributed by atoms with van der Waals surface area (Å²) in [4.78, 5) is 25.5. The van der Waals surface area contributed by atoms with Crippen LogP contribution in [0.15, 0.2) is 12.7 Å². The van der Waals surface area contributed by atoms with E-state index in [0.29, 0.717) is 37.8 Å². The largest absolute Gasteiger partial charge is 0.443 e. The van der Waals surface area contributed by atoms with Crippen LogP contribution in [0, 0.1) is 5.92 Å². The van der Waals surface area contributed by atoms with Gasteiger partial charge in [0, 0.05) is 25.2 Å². The third kappa shape index (κ3) is 5.35. The van der Waals surface area contributed by atoms with Gasteiger partial charge in [0.25, 0.3) is 0 Å². The van der Waals surface area contributed by atoms with Gasteiger partial charge in [0.2, 0.25) is 5.91 Å². The Kier molecular flexibility index (Phi) is 6.44. The second kappa shape index (κ2) is 8.71. The third-order valence-electron chi connectivity index (χ3n) is 5.65. The lowest BCUT2D eigenvalue weighted by atomic mass is 9.84. The van der Waals surface area contributed by atoms with Crippen molar-refractivity contribution in [3.63, 3.8) is 0 Å². The maximum Gasteiger partial charge on any atom is 0.410 e. The Morgan fingerprint density at radius 1 is 1.37 bits per heavy atom. The fraction of sp³-hybridized carbons (Fsp3) is 0.750. The minimum Gasteiger partial charge on any atom is -0.443 e. The van der Waals surface area contributed by atoms with Crippen LogP contribution in [0.3, 0.4) is 0 Å². The van der Waals surface area contributed by atoms with Crippen molar-refractivity contribution < 1.29 is 14.3 Å². The monoisotopic (exact) mass is 419 g/mol. The second-order valence-electron chi connectivity index (χ2n) is 9.14. The highest BCUT2D eigenvalue weighted by Gasteiger charge is 2.41. The van der Waals surface area contributed by atoms with E-state index in [1.165, 1.54) is 18.9 Å². The van der Waals surface area contributed by atoms with Crippen LogP contribution in [0.5, 0.6) is 0 Å². The molecule has 1 aromatic heterocycles. The summed E-state index contributed by atoms with van der Waals surface area (Å²) in [7, 11) is 0. The van der Waals surface area contributed by atoms with Crippen molar-refractivity contribution in [3.05, 3.63) is 18.5 Å². The lowest BCUT2D eigenvalue weighted by Gasteiger charge is -2.38. The van der Waals surface area contributed by atoms with Gasteiger partial charge in [-0.05, 0) is 69.4 Å². The van der Waals surface area contributed by atoms with Gasteiger partial charge in [-0.15, -0.1) is 5.10 Å². The Morgan fingerprint density at radius 3 is 2.70 bits per heavy atom. The van der Waals surface area contributed by atoms with Crippen LogP contribution >= 0.6 is 0 Å². The molecular weight excluding hydrogens is 386 g/mol. The SMILES string of the molecule is C=CC(=O)NC(C)(C)CC(C)(NCC1CN(CC)C(=O)O1)c1nnnn1CC1CC1. The molecule has 1 saturated carbocycles. The van der Waals surface area contributed by atoms with Gasteiger partial charge < -0.3 is 20.3 Å². The summed E-state index contributed by atoms with van der Waals surface area (Å²) in [6.45, 7) is 13.8. The number of amides is 2. The molecule has 1 saturated heterocycles. The highest BCUT2D eigenvalue weighted by atomic mass is 16.6. The topological polar surface area (TPSA) is 114 Å². The van der Waals surface area contributed by atoms with Gasteiger partial charge in [-0.25, -0.2) is 9.48 Å². The Bertz CT molecular complexity index is 789. The van der Waals surface area contributed by atoms with Crippen LogP contribution in [-0.2, 0) is 21.6 Å². The van der Waals surface area contributed by atoms with Crippen molar-refractivity contribution in [3.8, 4) is 0 Å². The number of hydrogen-bond acceptors (Lipinski definition) is 7. The number of cyclic esters (lactones) is 1. The molecule has 2 unspecified atom stereocenters. The summed E-state index contributed by atoms with van der Waals surface area (Å²) in [5, 5.41) is 19.0. The quantitative estimate of drug-likeness (QED) is 0.518. The summed E-state index contributed by atoms with van der Waals surface area (Å²) in [6, 6.07) is 0. The van der Waals surface area contributed by atoms with Crippen molar-refractivity contribution in [2.45, 2.75) is 70.7 Å². The number of nitrogens with one attached hydrogen (secondary N) is 2. The molecule has 3 rings (SSSR count). The van der Waals surface area contributed by atoms with Crippen LogP contribution in [0.4, 0.5) is 4.79 Å². The van der Waals surface area contributed by atoms with E-state index in [1.54, 1.807) is 4.90 Å². The van der Waals surface area contributed by atoms with Crippen LogP contribution in [-0.4, -0.2) is 68.4 Å². The molecule has 30 heavy (non-hydrogen) atoms. The van der Waals surface area contributed by atoms with E-state index in [2.05, 4.69) is 32.7 Å². The number of carbonyl (C=O) groups is 2. The highest BCUT2D eigenvalue weighted by molar-refractivity contribution is 5.87. The van der Waals surface area contributed by atoms with E-state index in [-0.39, 0.29) is 18.1 Å². The highest BCUT2D eigenvalue weighted by Crippen LogP contribution is 2.33. The Balaban J connectivity index is 1.79. The van der Waals surface area contributed by atoms with Gasteiger partial charge in [0.1, 0.15) is 6.10 Å². The number of nitrogens with zero attached hydrogens (tertiary/aromatic N) is 5. The van der Waals surface area contributed by atoms with E-state index in [0.717, 1.165) is 6.54 Å². The standard InChI is InChI=1S/C20H33N7O3/c1-6-16(28)22-19(3,4)13-20(5,17-23-24-25-27(17)11-14-8-9-14)21-10-15-12-26(7-2)18(29)30-15/h6,14-15,21H,1,7-13H2,2-5H3,(H,22,28). The minimum atomic E-state index is -0.650. The zero-order valence-electron chi connectivity index (χ0n) is 18.3. The Labute approximate surface area is 177 Å². The predicted octanol–water partition coefficient (Wildman–Crippen LogP) is 1.20. The molecule has 166 valence electrons. The summed E-state index contributed by atoms with van der Waals surface area (Å²) in [5.74, 6) is 1.09. The lowest BCUT2D eigenvalue weighted by Crippen LogP contribution is -2.54. The number of aromatic nitrogens is 4. The van der Waals surface area contributed by atoms with E-state index in [1.807, 2.05) is 32.4 Å². The molecule has 2 heterocycles. The van der Waals surface area contributed by atoms with Crippen LogP contribution in [0.1, 0.15) is 52.8 Å². The molecular formula is C20H33N7O3. The third-order valence-corrected chi connectivity index (χ3v) is 5.65. The molecule has 2 fully saturated rings. The number of tetrazole rings is 1. The molecule has 0 spiro atoms. The summed E-state index contributed by atoms with van der Waals surface area (Å²) >= 11 is 0. The first-order chi connectivity index (χ1) is 14.2. The molecule has 2 amide bonds. The first-order valence-electron chi connectivity index (χ1n) is 10.6. The fourth-order valence-electron chi connectivity index (χ4n) is 4.08. The molecule has 0 radical (unpaired) electrons. The van der Waals surface area contributed by atoms with E-state index < -0.39 is 11.1 Å². The molecule has 2 aliphatic rings. The maximum atomic E-state index is 11.9. The zero-order chi connectivity index (χ0) is 21.9. The van der Waals surface area contributed by atoms with Crippen molar-refractivity contribution >= 4 is 12.0 Å². The molecule has 0 aromatic carbocycles. The smallest absolute Gasteiger partial charge is 0.410 e. The summed E-state index contributed by atoms with van der Waals surface area (Å²) < 4.78 is 7.33. The van der Waals surface area contributed by atoms with E-state index in [4.69, 9.17) is 4.74 Å². The van der Waals surface area contributed by atoms with Crippen LogP contribution in [0.25, 0.3) is 0 Å². The second-order valence-corrected chi connectivity index (χ2v) is 9.14. The number of hydrogen-bond donors (Lipinski definition) is 2.